The molecule has 0 aromatic heterocycles. The van der Waals surface area contributed by atoms with Crippen LogP contribution in [0, 0.1) is 11.8 Å². The van der Waals surface area contributed by atoms with E-state index in [-0.39, 0.29) is 6.10 Å². The minimum Gasteiger partial charge on any atom is -0.393 e. The Morgan fingerprint density at radius 3 is 2.77 bits per heavy atom. The molecule has 2 heteroatoms. The van der Waals surface area contributed by atoms with Gasteiger partial charge in [0.1, 0.15) is 0 Å². The first kappa shape index (κ1) is 11.0. The molecule has 0 bridgehead atoms. The smallest absolute Gasteiger partial charge is 0.0543 e. The van der Waals surface area contributed by atoms with E-state index in [1.807, 2.05) is 0 Å². The van der Waals surface area contributed by atoms with Crippen molar-refractivity contribution < 1.29 is 5.11 Å². The molecule has 1 rings (SSSR count). The zero-order chi connectivity index (χ0) is 9.68. The SMILES string of the molecule is CC(C)CNCC1CCCC(O)C1. The summed E-state index contributed by atoms with van der Waals surface area (Å²) < 4.78 is 0. The van der Waals surface area contributed by atoms with Crippen LogP contribution >= 0.6 is 0 Å². The largest absolute Gasteiger partial charge is 0.393 e. The van der Waals surface area contributed by atoms with Gasteiger partial charge in [-0.2, -0.15) is 0 Å². The molecule has 2 nitrogen and oxygen atoms in total. The highest BCUT2D eigenvalue weighted by molar-refractivity contribution is 4.73. The maximum absolute atomic E-state index is 9.46. The summed E-state index contributed by atoms with van der Waals surface area (Å²) in [6, 6.07) is 0. The second kappa shape index (κ2) is 5.61. The fourth-order valence-corrected chi connectivity index (χ4v) is 2.02. The lowest BCUT2D eigenvalue weighted by Gasteiger charge is -2.26. The third-order valence-electron chi connectivity index (χ3n) is 2.74. The maximum Gasteiger partial charge on any atom is 0.0543 e. The van der Waals surface area contributed by atoms with Crippen molar-refractivity contribution in [2.75, 3.05) is 13.1 Å². The molecule has 2 atom stereocenters. The van der Waals surface area contributed by atoms with Crippen LogP contribution < -0.4 is 5.32 Å². The summed E-state index contributed by atoms with van der Waals surface area (Å²) in [5.74, 6) is 1.44. The lowest BCUT2D eigenvalue weighted by atomic mass is 9.87. The van der Waals surface area contributed by atoms with E-state index in [0.29, 0.717) is 5.92 Å². The topological polar surface area (TPSA) is 32.3 Å². The van der Waals surface area contributed by atoms with Crippen LogP contribution in [-0.4, -0.2) is 24.3 Å². The molecular weight excluding hydrogens is 162 g/mol. The summed E-state index contributed by atoms with van der Waals surface area (Å²) in [5, 5.41) is 12.9. The van der Waals surface area contributed by atoms with Gasteiger partial charge in [0.15, 0.2) is 0 Å². The Labute approximate surface area is 81.7 Å². The van der Waals surface area contributed by atoms with Crippen LogP contribution in [0.2, 0.25) is 0 Å². The predicted molar refractivity (Wildman–Crippen MR) is 55.7 cm³/mol. The normalized spacial score (nSPS) is 29.5. The molecule has 0 aromatic carbocycles. The highest BCUT2D eigenvalue weighted by Gasteiger charge is 2.19. The number of hydrogen-bond donors (Lipinski definition) is 2. The van der Waals surface area contributed by atoms with Crippen molar-refractivity contribution in [3.8, 4) is 0 Å². The Morgan fingerprint density at radius 2 is 2.15 bits per heavy atom. The molecule has 1 fully saturated rings. The second-order valence-corrected chi connectivity index (χ2v) is 4.74. The Balaban J connectivity index is 2.06. The Bertz CT molecular complexity index is 136. The summed E-state index contributed by atoms with van der Waals surface area (Å²) >= 11 is 0. The molecule has 0 amide bonds. The first-order valence-electron chi connectivity index (χ1n) is 5.57. The van der Waals surface area contributed by atoms with Crippen LogP contribution in [0.4, 0.5) is 0 Å². The van der Waals surface area contributed by atoms with Crippen molar-refractivity contribution in [1.29, 1.82) is 0 Å². The average molecular weight is 185 g/mol. The van der Waals surface area contributed by atoms with Gasteiger partial charge in [0.05, 0.1) is 6.10 Å². The number of aliphatic hydroxyl groups is 1. The summed E-state index contributed by atoms with van der Waals surface area (Å²) in [6.45, 7) is 6.65. The molecule has 0 saturated heterocycles. The van der Waals surface area contributed by atoms with E-state index in [2.05, 4.69) is 19.2 Å². The van der Waals surface area contributed by atoms with E-state index < -0.39 is 0 Å². The molecule has 0 aliphatic heterocycles. The molecule has 0 heterocycles. The highest BCUT2D eigenvalue weighted by atomic mass is 16.3. The third-order valence-corrected chi connectivity index (χ3v) is 2.74. The number of rotatable bonds is 4. The van der Waals surface area contributed by atoms with Gasteiger partial charge in [0.2, 0.25) is 0 Å². The minimum atomic E-state index is -0.0281. The summed E-state index contributed by atoms with van der Waals surface area (Å²) in [7, 11) is 0. The van der Waals surface area contributed by atoms with Crippen LogP contribution in [0.5, 0.6) is 0 Å². The van der Waals surface area contributed by atoms with Crippen molar-refractivity contribution in [2.45, 2.75) is 45.6 Å². The fraction of sp³-hybridized carbons (Fsp3) is 1.00. The van der Waals surface area contributed by atoms with Gasteiger partial charge in [-0.3, -0.25) is 0 Å². The molecule has 1 aliphatic carbocycles. The zero-order valence-electron chi connectivity index (χ0n) is 8.92. The van der Waals surface area contributed by atoms with Crippen molar-refractivity contribution in [2.24, 2.45) is 11.8 Å². The van der Waals surface area contributed by atoms with Crippen LogP contribution in [0.15, 0.2) is 0 Å². The lowest BCUT2D eigenvalue weighted by Crippen LogP contribution is -2.31. The van der Waals surface area contributed by atoms with Crippen LogP contribution in [0.25, 0.3) is 0 Å². The molecule has 0 radical (unpaired) electrons. The van der Waals surface area contributed by atoms with Gasteiger partial charge in [-0.15, -0.1) is 0 Å². The molecule has 1 aliphatic rings. The van der Waals surface area contributed by atoms with Gasteiger partial charge in [-0.1, -0.05) is 20.3 Å². The Morgan fingerprint density at radius 1 is 1.38 bits per heavy atom. The van der Waals surface area contributed by atoms with Gasteiger partial charge in [-0.25, -0.2) is 0 Å². The molecule has 2 unspecified atom stereocenters. The molecule has 0 aromatic rings. The van der Waals surface area contributed by atoms with Gasteiger partial charge < -0.3 is 10.4 Å². The summed E-state index contributed by atoms with van der Waals surface area (Å²) in [4.78, 5) is 0. The highest BCUT2D eigenvalue weighted by Crippen LogP contribution is 2.23. The summed E-state index contributed by atoms with van der Waals surface area (Å²) in [6.07, 6.45) is 4.49. The molecular formula is C11H23NO. The van der Waals surface area contributed by atoms with E-state index >= 15 is 0 Å². The summed E-state index contributed by atoms with van der Waals surface area (Å²) in [5.41, 5.74) is 0. The number of nitrogens with one attached hydrogen (secondary N) is 1. The first-order valence-corrected chi connectivity index (χ1v) is 5.57. The first-order chi connectivity index (χ1) is 6.18. The van der Waals surface area contributed by atoms with Crippen molar-refractivity contribution in [3.63, 3.8) is 0 Å². The van der Waals surface area contributed by atoms with Gasteiger partial charge in [0, 0.05) is 0 Å². The van der Waals surface area contributed by atoms with E-state index in [0.717, 1.165) is 31.8 Å². The van der Waals surface area contributed by atoms with E-state index in [9.17, 15) is 5.11 Å². The predicted octanol–water partition coefficient (Wildman–Crippen LogP) is 1.78. The molecule has 2 N–H and O–H groups in total. The van der Waals surface area contributed by atoms with Gasteiger partial charge in [-0.05, 0) is 44.2 Å². The molecule has 1 saturated carbocycles. The Hall–Kier alpha value is -0.0800. The van der Waals surface area contributed by atoms with Crippen LogP contribution in [-0.2, 0) is 0 Å². The van der Waals surface area contributed by atoms with E-state index in [1.54, 1.807) is 0 Å². The maximum atomic E-state index is 9.46. The van der Waals surface area contributed by atoms with Crippen LogP contribution in [0.3, 0.4) is 0 Å². The van der Waals surface area contributed by atoms with Crippen molar-refractivity contribution in [1.82, 2.24) is 5.32 Å². The van der Waals surface area contributed by atoms with Gasteiger partial charge in [0.25, 0.3) is 0 Å². The van der Waals surface area contributed by atoms with Crippen molar-refractivity contribution >= 4 is 0 Å². The monoisotopic (exact) mass is 185 g/mol. The second-order valence-electron chi connectivity index (χ2n) is 4.74. The average Bonchev–Trinajstić information content (AvgIpc) is 2.03. The minimum absolute atomic E-state index is 0.0281. The lowest BCUT2D eigenvalue weighted by molar-refractivity contribution is 0.100. The third kappa shape index (κ3) is 4.63. The zero-order valence-corrected chi connectivity index (χ0v) is 8.92. The van der Waals surface area contributed by atoms with E-state index in [1.165, 1.54) is 12.8 Å². The molecule has 78 valence electrons. The number of hydrogen-bond acceptors (Lipinski definition) is 2. The van der Waals surface area contributed by atoms with E-state index in [4.69, 9.17) is 0 Å². The standard InChI is InChI=1S/C11H23NO/c1-9(2)7-12-8-10-4-3-5-11(13)6-10/h9-13H,3-8H2,1-2H3. The van der Waals surface area contributed by atoms with Crippen LogP contribution in [0.1, 0.15) is 39.5 Å². The van der Waals surface area contributed by atoms with Gasteiger partial charge >= 0.3 is 0 Å². The number of aliphatic hydroxyl groups excluding tert-OH is 1. The quantitative estimate of drug-likeness (QED) is 0.700. The Kier molecular flexibility index (Phi) is 4.74. The molecule has 0 spiro atoms. The fourth-order valence-electron chi connectivity index (χ4n) is 2.02. The molecule has 13 heavy (non-hydrogen) atoms. The van der Waals surface area contributed by atoms with Crippen molar-refractivity contribution in [3.05, 3.63) is 0 Å².